The lowest BCUT2D eigenvalue weighted by Gasteiger charge is -1.99. The van der Waals surface area contributed by atoms with Crippen molar-refractivity contribution in [1.29, 1.82) is 0 Å². The van der Waals surface area contributed by atoms with Crippen LogP contribution in [0.4, 0.5) is 5.00 Å². The van der Waals surface area contributed by atoms with Gasteiger partial charge in [0.2, 0.25) is 0 Å². The molecule has 0 unspecified atom stereocenters. The van der Waals surface area contributed by atoms with Crippen molar-refractivity contribution in [2.45, 2.75) is 0 Å². The third-order valence-electron chi connectivity index (χ3n) is 2.95. The summed E-state index contributed by atoms with van der Waals surface area (Å²) in [5, 5.41) is 12.2. The molecule has 1 aliphatic heterocycles. The van der Waals surface area contributed by atoms with E-state index in [-0.39, 0.29) is 10.8 Å². The second kappa shape index (κ2) is 4.53. The van der Waals surface area contributed by atoms with Crippen LogP contribution in [0.25, 0.3) is 11.6 Å². The summed E-state index contributed by atoms with van der Waals surface area (Å²) in [6.07, 6.45) is 3.35. The molecular formula is C13H10N2O4S. The van der Waals surface area contributed by atoms with Crippen molar-refractivity contribution in [3.8, 4) is 5.75 Å². The van der Waals surface area contributed by atoms with Crippen LogP contribution >= 0.6 is 11.3 Å². The molecule has 2 aromatic rings. The van der Waals surface area contributed by atoms with Gasteiger partial charge in [-0.05, 0) is 18.2 Å². The number of carbonyl (C=O) groups excluding carboxylic acids is 1. The van der Waals surface area contributed by atoms with E-state index in [2.05, 4.69) is 10.3 Å². The maximum atomic E-state index is 11.9. The first kappa shape index (κ1) is 12.5. The Kier molecular flexibility index (Phi) is 2.83. The summed E-state index contributed by atoms with van der Waals surface area (Å²) < 4.78 is 5.16. The zero-order valence-corrected chi connectivity index (χ0v) is 11.2. The van der Waals surface area contributed by atoms with Crippen molar-refractivity contribution in [2.24, 2.45) is 0 Å². The molecule has 2 aromatic heterocycles. The van der Waals surface area contributed by atoms with Gasteiger partial charge in [-0.25, -0.2) is 4.79 Å². The van der Waals surface area contributed by atoms with Gasteiger partial charge in [-0.1, -0.05) is 0 Å². The predicted molar refractivity (Wildman–Crippen MR) is 75.1 cm³/mol. The summed E-state index contributed by atoms with van der Waals surface area (Å²) in [5.41, 5.74) is 1.69. The van der Waals surface area contributed by atoms with Gasteiger partial charge < -0.3 is 20.1 Å². The van der Waals surface area contributed by atoms with Gasteiger partial charge in [0.1, 0.15) is 15.6 Å². The van der Waals surface area contributed by atoms with Crippen molar-refractivity contribution in [3.63, 3.8) is 0 Å². The first-order chi connectivity index (χ1) is 9.60. The second-order valence-corrected chi connectivity index (χ2v) is 5.18. The number of carbonyl (C=O) groups is 2. The van der Waals surface area contributed by atoms with Crippen molar-refractivity contribution in [2.75, 3.05) is 12.4 Å². The zero-order chi connectivity index (χ0) is 14.3. The summed E-state index contributed by atoms with van der Waals surface area (Å²) in [6, 6.07) is 3.25. The number of aromatic nitrogens is 1. The Hall–Kier alpha value is -2.54. The largest absolute Gasteiger partial charge is 0.495 e. The molecule has 1 aliphatic rings. The normalized spacial score (nSPS) is 15.2. The number of hydrogen-bond acceptors (Lipinski definition) is 4. The number of nitrogens with one attached hydrogen (secondary N) is 2. The van der Waals surface area contributed by atoms with Crippen LogP contribution in [0.1, 0.15) is 20.9 Å². The number of aromatic amines is 1. The summed E-state index contributed by atoms with van der Waals surface area (Å²) in [7, 11) is 1.54. The van der Waals surface area contributed by atoms with Crippen molar-refractivity contribution < 1.29 is 19.4 Å². The minimum Gasteiger partial charge on any atom is -0.495 e. The highest BCUT2D eigenvalue weighted by Gasteiger charge is 2.28. The molecule has 0 radical (unpaired) electrons. The highest BCUT2D eigenvalue weighted by atomic mass is 32.1. The van der Waals surface area contributed by atoms with E-state index in [4.69, 9.17) is 9.84 Å². The number of amides is 1. The topological polar surface area (TPSA) is 91.4 Å². The van der Waals surface area contributed by atoms with E-state index in [9.17, 15) is 9.59 Å². The lowest BCUT2D eigenvalue weighted by Crippen LogP contribution is -2.04. The predicted octanol–water partition coefficient (Wildman–Crippen LogP) is 2.28. The molecular weight excluding hydrogens is 280 g/mol. The lowest BCUT2D eigenvalue weighted by molar-refractivity contribution is -0.110. The van der Waals surface area contributed by atoms with Gasteiger partial charge in [-0.15, -0.1) is 11.3 Å². The van der Waals surface area contributed by atoms with Gasteiger partial charge in [-0.2, -0.15) is 0 Å². The van der Waals surface area contributed by atoms with Crippen LogP contribution in [0.2, 0.25) is 0 Å². The smallest absolute Gasteiger partial charge is 0.345 e. The SMILES string of the molecule is COc1cc[nH]c1/C=C1/C(=O)Nc2sc(C(=O)O)cc21. The van der Waals surface area contributed by atoms with Crippen LogP contribution in [-0.4, -0.2) is 29.1 Å². The van der Waals surface area contributed by atoms with Crippen molar-refractivity contribution >= 4 is 39.9 Å². The standard InChI is InChI=1S/C13H10N2O4S/c1-19-9-2-3-14-8(9)4-6-7-5-10(13(17)18)20-12(7)15-11(6)16/h2-5,14H,1H3,(H,15,16)(H,17,18)/b6-4+. The van der Waals surface area contributed by atoms with Gasteiger partial charge in [-0.3, -0.25) is 4.79 Å². The average Bonchev–Trinajstić information content (AvgIpc) is 3.06. The summed E-state index contributed by atoms with van der Waals surface area (Å²) in [5.74, 6) is -0.636. The molecule has 0 atom stereocenters. The van der Waals surface area contributed by atoms with Crippen LogP contribution in [0.5, 0.6) is 5.75 Å². The van der Waals surface area contributed by atoms with Crippen LogP contribution in [0, 0.1) is 0 Å². The Bertz CT molecular complexity index is 741. The third kappa shape index (κ3) is 1.88. The highest BCUT2D eigenvalue weighted by molar-refractivity contribution is 7.18. The van der Waals surface area contributed by atoms with Crippen LogP contribution in [0.3, 0.4) is 0 Å². The van der Waals surface area contributed by atoms with E-state index in [1.807, 2.05) is 0 Å². The fourth-order valence-corrected chi connectivity index (χ4v) is 2.94. The molecule has 0 aliphatic carbocycles. The van der Waals surface area contributed by atoms with E-state index >= 15 is 0 Å². The van der Waals surface area contributed by atoms with Crippen LogP contribution < -0.4 is 10.1 Å². The molecule has 0 spiro atoms. The summed E-state index contributed by atoms with van der Waals surface area (Å²) in [4.78, 5) is 26.1. The van der Waals surface area contributed by atoms with Gasteiger partial charge in [0.15, 0.2) is 0 Å². The molecule has 7 heteroatoms. The lowest BCUT2D eigenvalue weighted by atomic mass is 10.1. The highest BCUT2D eigenvalue weighted by Crippen LogP contribution is 2.40. The molecule has 0 fully saturated rings. The monoisotopic (exact) mass is 290 g/mol. The van der Waals surface area contributed by atoms with E-state index in [0.717, 1.165) is 11.3 Å². The fraction of sp³-hybridized carbons (Fsp3) is 0.0769. The molecule has 102 valence electrons. The number of H-pyrrole nitrogens is 1. The molecule has 3 N–H and O–H groups in total. The number of thiophene rings is 1. The van der Waals surface area contributed by atoms with Gasteiger partial charge in [0, 0.05) is 11.8 Å². The number of anilines is 1. The number of rotatable bonds is 3. The van der Waals surface area contributed by atoms with E-state index in [1.165, 1.54) is 6.07 Å². The number of fused-ring (bicyclic) bond motifs is 1. The van der Waals surface area contributed by atoms with Gasteiger partial charge >= 0.3 is 5.97 Å². The molecule has 6 nitrogen and oxygen atoms in total. The molecule has 3 heterocycles. The number of carboxylic acid groups (broad SMARTS) is 1. The van der Waals surface area contributed by atoms with Crippen LogP contribution in [0.15, 0.2) is 18.3 Å². The Labute approximate surface area is 117 Å². The maximum Gasteiger partial charge on any atom is 0.345 e. The van der Waals surface area contributed by atoms with Gasteiger partial charge in [0.05, 0.1) is 18.4 Å². The molecule has 0 bridgehead atoms. The van der Waals surface area contributed by atoms with E-state index in [1.54, 1.807) is 25.4 Å². The Morgan fingerprint density at radius 1 is 1.50 bits per heavy atom. The maximum absolute atomic E-state index is 11.9. The number of aromatic carboxylic acids is 1. The quantitative estimate of drug-likeness (QED) is 0.756. The van der Waals surface area contributed by atoms with Crippen molar-refractivity contribution in [1.82, 2.24) is 4.98 Å². The number of ether oxygens (including phenoxy) is 1. The zero-order valence-electron chi connectivity index (χ0n) is 10.4. The summed E-state index contributed by atoms with van der Waals surface area (Å²) in [6.45, 7) is 0. The third-order valence-corrected chi connectivity index (χ3v) is 3.99. The molecule has 0 saturated heterocycles. The molecule has 20 heavy (non-hydrogen) atoms. The molecule has 0 aromatic carbocycles. The van der Waals surface area contributed by atoms with E-state index in [0.29, 0.717) is 27.6 Å². The number of hydrogen-bond donors (Lipinski definition) is 3. The summed E-state index contributed by atoms with van der Waals surface area (Å²) >= 11 is 1.05. The molecule has 3 rings (SSSR count). The Balaban J connectivity index is 2.07. The minimum absolute atomic E-state index is 0.194. The first-order valence-corrected chi connectivity index (χ1v) is 6.53. The fourth-order valence-electron chi connectivity index (χ4n) is 2.03. The second-order valence-electron chi connectivity index (χ2n) is 4.13. The van der Waals surface area contributed by atoms with Crippen LogP contribution in [-0.2, 0) is 4.79 Å². The van der Waals surface area contributed by atoms with Crippen molar-refractivity contribution in [3.05, 3.63) is 34.5 Å². The van der Waals surface area contributed by atoms with Gasteiger partial charge in [0.25, 0.3) is 5.91 Å². The Morgan fingerprint density at radius 2 is 2.30 bits per heavy atom. The Morgan fingerprint density at radius 3 is 3.00 bits per heavy atom. The molecule has 1 amide bonds. The number of carboxylic acids is 1. The number of methoxy groups -OCH3 is 1. The average molecular weight is 290 g/mol. The first-order valence-electron chi connectivity index (χ1n) is 5.72. The minimum atomic E-state index is -1.00. The van der Waals surface area contributed by atoms with E-state index < -0.39 is 5.97 Å². The molecule has 0 saturated carbocycles.